The van der Waals surface area contributed by atoms with Crippen LogP contribution in [-0.2, 0) is 18.8 Å². The fourth-order valence-electron chi connectivity index (χ4n) is 1.40. The van der Waals surface area contributed by atoms with Gasteiger partial charge in [-0.3, -0.25) is 4.68 Å². The normalized spacial score (nSPS) is 10.3. The molecule has 0 spiro atoms. The lowest BCUT2D eigenvalue weighted by Gasteiger charge is -1.97. The maximum Gasteiger partial charge on any atom is 0.131 e. The summed E-state index contributed by atoms with van der Waals surface area (Å²) in [7, 11) is 0. The van der Waals surface area contributed by atoms with Gasteiger partial charge in [0, 0.05) is 5.56 Å². The van der Waals surface area contributed by atoms with Gasteiger partial charge < -0.3 is 0 Å². The van der Waals surface area contributed by atoms with E-state index in [1.165, 1.54) is 0 Å². The Morgan fingerprint density at radius 1 is 1.53 bits per heavy atom. The van der Waals surface area contributed by atoms with E-state index in [1.807, 2.05) is 0 Å². The molecule has 0 saturated carbocycles. The average molecular weight is 246 g/mol. The smallest absolute Gasteiger partial charge is 0.131 e. The van der Waals surface area contributed by atoms with Crippen molar-refractivity contribution in [3.63, 3.8) is 0 Å². The molecule has 1 heterocycles. The van der Waals surface area contributed by atoms with Gasteiger partial charge in [-0.25, -0.2) is 0 Å². The second kappa shape index (κ2) is 5.99. The molecule has 0 aliphatic heterocycles. The van der Waals surface area contributed by atoms with Crippen LogP contribution in [0.25, 0.3) is 0 Å². The molecule has 15 heavy (non-hydrogen) atoms. The summed E-state index contributed by atoms with van der Waals surface area (Å²) in [6.45, 7) is 2.61. The van der Waals surface area contributed by atoms with Gasteiger partial charge >= 0.3 is 0 Å². The molecule has 0 N–H and O–H groups in total. The summed E-state index contributed by atoms with van der Waals surface area (Å²) in [5.41, 5.74) is 1.86. The van der Waals surface area contributed by atoms with E-state index >= 15 is 0 Å². The zero-order valence-corrected chi connectivity index (χ0v) is 10.1. The molecule has 0 bridgehead atoms. The van der Waals surface area contributed by atoms with Crippen molar-refractivity contribution in [3.8, 4) is 6.07 Å². The number of aromatic nitrogens is 2. The van der Waals surface area contributed by atoms with Gasteiger partial charge in [0.1, 0.15) is 5.15 Å². The number of rotatable bonds is 5. The Balaban J connectivity index is 2.93. The quantitative estimate of drug-likeness (QED) is 0.749. The molecule has 1 rings (SSSR count). The van der Waals surface area contributed by atoms with Gasteiger partial charge in [-0.2, -0.15) is 10.4 Å². The minimum Gasteiger partial charge on any atom is -0.252 e. The van der Waals surface area contributed by atoms with E-state index in [-0.39, 0.29) is 0 Å². The van der Waals surface area contributed by atoms with Crippen LogP contribution in [0.15, 0.2) is 0 Å². The highest BCUT2D eigenvalue weighted by atomic mass is 35.5. The predicted molar refractivity (Wildman–Crippen MR) is 61.0 cm³/mol. The van der Waals surface area contributed by atoms with E-state index in [9.17, 15) is 0 Å². The summed E-state index contributed by atoms with van der Waals surface area (Å²) in [6, 6.07) is 2.07. The molecule has 0 unspecified atom stereocenters. The molecular weight excluding hydrogens is 233 g/mol. The van der Waals surface area contributed by atoms with Crippen molar-refractivity contribution < 1.29 is 0 Å². The molecule has 0 saturated heterocycles. The Morgan fingerprint density at radius 2 is 2.27 bits per heavy atom. The minimum absolute atomic E-state index is 0.376. The molecule has 0 amide bonds. The molecular formula is C10H13Cl2N3. The van der Waals surface area contributed by atoms with E-state index in [4.69, 9.17) is 28.5 Å². The van der Waals surface area contributed by atoms with E-state index in [0.29, 0.717) is 24.0 Å². The van der Waals surface area contributed by atoms with Crippen LogP contribution in [0.5, 0.6) is 0 Å². The van der Waals surface area contributed by atoms with Crippen molar-refractivity contribution in [3.05, 3.63) is 16.4 Å². The van der Waals surface area contributed by atoms with Crippen LogP contribution >= 0.6 is 23.2 Å². The molecule has 3 nitrogen and oxygen atoms in total. The van der Waals surface area contributed by atoms with Crippen molar-refractivity contribution in [2.75, 3.05) is 0 Å². The number of alkyl halides is 1. The second-order valence-electron chi connectivity index (χ2n) is 3.23. The van der Waals surface area contributed by atoms with Gasteiger partial charge in [0.25, 0.3) is 0 Å². The van der Waals surface area contributed by atoms with Gasteiger partial charge in [0.05, 0.1) is 30.6 Å². The van der Waals surface area contributed by atoms with Crippen LogP contribution in [0.4, 0.5) is 0 Å². The summed E-state index contributed by atoms with van der Waals surface area (Å²) in [6.07, 6.45) is 2.30. The molecule has 5 heteroatoms. The third-order valence-electron chi connectivity index (χ3n) is 2.12. The summed E-state index contributed by atoms with van der Waals surface area (Å²) in [5.74, 6) is 0.376. The lowest BCUT2D eigenvalue weighted by Crippen LogP contribution is -2.00. The van der Waals surface area contributed by atoms with E-state index < -0.39 is 0 Å². The summed E-state index contributed by atoms with van der Waals surface area (Å²) in [5, 5.41) is 13.4. The third-order valence-corrected chi connectivity index (χ3v) is 2.81. The largest absolute Gasteiger partial charge is 0.252 e. The second-order valence-corrected chi connectivity index (χ2v) is 3.86. The Bertz CT molecular complexity index is 365. The van der Waals surface area contributed by atoms with Crippen LogP contribution in [0, 0.1) is 11.3 Å². The Kier molecular flexibility index (Phi) is 4.93. The maximum absolute atomic E-state index is 8.49. The first-order valence-electron chi connectivity index (χ1n) is 4.91. The highest BCUT2D eigenvalue weighted by Gasteiger charge is 2.14. The van der Waals surface area contributed by atoms with Crippen molar-refractivity contribution in [1.82, 2.24) is 9.78 Å². The topological polar surface area (TPSA) is 41.6 Å². The van der Waals surface area contributed by atoms with Crippen molar-refractivity contribution in [2.45, 2.75) is 38.6 Å². The van der Waals surface area contributed by atoms with E-state index in [0.717, 1.165) is 24.1 Å². The molecule has 1 aromatic rings. The van der Waals surface area contributed by atoms with E-state index in [1.54, 1.807) is 4.68 Å². The number of nitrogens with zero attached hydrogens (tertiary/aromatic N) is 3. The average Bonchev–Trinajstić information content (AvgIpc) is 2.52. The van der Waals surface area contributed by atoms with Crippen LogP contribution in [0.1, 0.15) is 31.0 Å². The monoisotopic (exact) mass is 245 g/mol. The first-order chi connectivity index (χ1) is 7.24. The first-order valence-corrected chi connectivity index (χ1v) is 5.82. The summed E-state index contributed by atoms with van der Waals surface area (Å²) >= 11 is 11.9. The molecule has 0 radical (unpaired) electrons. The lowest BCUT2D eigenvalue weighted by atomic mass is 10.2. The van der Waals surface area contributed by atoms with Gasteiger partial charge in [-0.15, -0.1) is 11.6 Å². The van der Waals surface area contributed by atoms with Gasteiger partial charge in [-0.05, 0) is 6.42 Å². The Morgan fingerprint density at radius 3 is 2.80 bits per heavy atom. The molecule has 0 aliphatic carbocycles. The SMILES string of the molecule is CCCc1nn(CCC#N)c(Cl)c1CCl. The highest BCUT2D eigenvalue weighted by Crippen LogP contribution is 2.23. The number of aryl methyl sites for hydroxylation is 2. The molecule has 0 aliphatic rings. The number of nitriles is 1. The third kappa shape index (κ3) is 2.87. The number of hydrogen-bond acceptors (Lipinski definition) is 2. The van der Waals surface area contributed by atoms with Crippen molar-refractivity contribution >= 4 is 23.2 Å². The van der Waals surface area contributed by atoms with Gasteiger partial charge in [0.2, 0.25) is 0 Å². The number of hydrogen-bond donors (Lipinski definition) is 0. The van der Waals surface area contributed by atoms with Crippen LogP contribution in [0.2, 0.25) is 5.15 Å². The molecule has 0 atom stereocenters. The van der Waals surface area contributed by atoms with Gasteiger partial charge in [-0.1, -0.05) is 24.9 Å². The standard InChI is InChI=1S/C10H13Cl2N3/c1-2-4-9-8(7-11)10(12)15(14-9)6-3-5-13/h2-4,6-7H2,1H3. The Hall–Kier alpha value is -0.720. The zero-order chi connectivity index (χ0) is 11.3. The molecule has 82 valence electrons. The maximum atomic E-state index is 8.49. The van der Waals surface area contributed by atoms with Crippen LogP contribution in [0.3, 0.4) is 0 Å². The van der Waals surface area contributed by atoms with Gasteiger partial charge in [0.15, 0.2) is 0 Å². The molecule has 1 aromatic heterocycles. The first kappa shape index (κ1) is 12.4. The summed E-state index contributed by atoms with van der Waals surface area (Å²) in [4.78, 5) is 0. The summed E-state index contributed by atoms with van der Waals surface area (Å²) < 4.78 is 1.66. The molecule has 0 aromatic carbocycles. The fraction of sp³-hybridized carbons (Fsp3) is 0.600. The Labute approximate surface area is 99.6 Å². The fourth-order valence-corrected chi connectivity index (χ4v) is 2.05. The van der Waals surface area contributed by atoms with Crippen LogP contribution in [-0.4, -0.2) is 9.78 Å². The van der Waals surface area contributed by atoms with E-state index in [2.05, 4.69) is 18.1 Å². The number of halogens is 2. The molecule has 0 fully saturated rings. The highest BCUT2D eigenvalue weighted by molar-refractivity contribution is 6.31. The van der Waals surface area contributed by atoms with Crippen LogP contribution < -0.4 is 0 Å². The lowest BCUT2D eigenvalue weighted by molar-refractivity contribution is 0.616. The minimum atomic E-state index is 0.376. The van der Waals surface area contributed by atoms with Crippen molar-refractivity contribution in [1.29, 1.82) is 5.26 Å². The predicted octanol–water partition coefficient (Wildman–Crippen LogP) is 3.14. The van der Waals surface area contributed by atoms with Crippen molar-refractivity contribution in [2.24, 2.45) is 0 Å². The zero-order valence-electron chi connectivity index (χ0n) is 8.63.